The molecule has 0 aliphatic carbocycles. The second-order valence-corrected chi connectivity index (χ2v) is 10.0. The Hall–Kier alpha value is -3.26. The van der Waals surface area contributed by atoms with Gasteiger partial charge in [-0.15, -0.1) is 0 Å². The van der Waals surface area contributed by atoms with Crippen LogP contribution in [0.15, 0.2) is 65.6 Å². The lowest BCUT2D eigenvalue weighted by Crippen LogP contribution is -2.41. The summed E-state index contributed by atoms with van der Waals surface area (Å²) in [5, 5.41) is 4.39. The Morgan fingerprint density at radius 2 is 1.69 bits per heavy atom. The SMILES string of the molecule is CS(=O)(=O)c1ccc(F)c(NC(=O)C2CCN(C(=O)c3cccc4ccccc34)CC2)c1. The van der Waals surface area contributed by atoms with Gasteiger partial charge in [0.1, 0.15) is 5.82 Å². The molecule has 166 valence electrons. The average molecular weight is 455 g/mol. The van der Waals surface area contributed by atoms with Crippen molar-refractivity contribution in [2.24, 2.45) is 5.92 Å². The van der Waals surface area contributed by atoms with Gasteiger partial charge in [-0.05, 0) is 47.9 Å². The third-order valence-electron chi connectivity index (χ3n) is 5.80. The lowest BCUT2D eigenvalue weighted by atomic mass is 9.94. The normalized spacial score (nSPS) is 15.0. The molecule has 0 atom stereocenters. The minimum atomic E-state index is -3.52. The fraction of sp³-hybridized carbons (Fsp3) is 0.250. The van der Waals surface area contributed by atoms with Crippen LogP contribution in [0.3, 0.4) is 0 Å². The highest BCUT2D eigenvalue weighted by Crippen LogP contribution is 2.26. The Morgan fingerprint density at radius 1 is 1.00 bits per heavy atom. The summed E-state index contributed by atoms with van der Waals surface area (Å²) in [7, 11) is -3.52. The van der Waals surface area contributed by atoms with Gasteiger partial charge < -0.3 is 10.2 Å². The van der Waals surface area contributed by atoms with E-state index in [2.05, 4.69) is 5.32 Å². The molecule has 6 nitrogen and oxygen atoms in total. The van der Waals surface area contributed by atoms with E-state index >= 15 is 0 Å². The summed E-state index contributed by atoms with van der Waals surface area (Å²) in [6, 6.07) is 16.6. The van der Waals surface area contributed by atoms with Crippen molar-refractivity contribution in [1.82, 2.24) is 4.90 Å². The first kappa shape index (κ1) is 22.0. The Kier molecular flexibility index (Phi) is 5.97. The monoisotopic (exact) mass is 454 g/mol. The van der Waals surface area contributed by atoms with Crippen molar-refractivity contribution < 1.29 is 22.4 Å². The quantitative estimate of drug-likeness (QED) is 0.607. The Bertz CT molecular complexity index is 1290. The van der Waals surface area contributed by atoms with Crippen LogP contribution in [0.2, 0.25) is 0 Å². The predicted molar refractivity (Wildman–Crippen MR) is 121 cm³/mol. The molecule has 1 aliphatic heterocycles. The number of amides is 2. The summed E-state index contributed by atoms with van der Waals surface area (Å²) >= 11 is 0. The summed E-state index contributed by atoms with van der Waals surface area (Å²) in [5.74, 6) is -1.55. The summed E-state index contributed by atoms with van der Waals surface area (Å²) in [4.78, 5) is 27.4. The van der Waals surface area contributed by atoms with Gasteiger partial charge in [0.05, 0.1) is 10.6 Å². The van der Waals surface area contributed by atoms with E-state index in [9.17, 15) is 22.4 Å². The number of likely N-dealkylation sites (tertiary alicyclic amines) is 1. The summed E-state index contributed by atoms with van der Waals surface area (Å²) in [5.41, 5.74) is 0.470. The van der Waals surface area contributed by atoms with E-state index in [0.29, 0.717) is 31.5 Å². The van der Waals surface area contributed by atoms with Gasteiger partial charge in [-0.2, -0.15) is 0 Å². The molecular weight excluding hydrogens is 431 g/mol. The predicted octanol–water partition coefficient (Wildman–Crippen LogP) is 3.87. The number of nitrogens with zero attached hydrogens (tertiary/aromatic N) is 1. The molecule has 1 heterocycles. The molecule has 0 bridgehead atoms. The maximum Gasteiger partial charge on any atom is 0.254 e. The van der Waals surface area contributed by atoms with Crippen molar-refractivity contribution in [3.63, 3.8) is 0 Å². The van der Waals surface area contributed by atoms with Crippen molar-refractivity contribution in [2.75, 3.05) is 24.7 Å². The van der Waals surface area contributed by atoms with Gasteiger partial charge in [0.2, 0.25) is 5.91 Å². The maximum atomic E-state index is 14.1. The van der Waals surface area contributed by atoms with Gasteiger partial charge >= 0.3 is 0 Å². The highest BCUT2D eigenvalue weighted by atomic mass is 32.2. The highest BCUT2D eigenvalue weighted by Gasteiger charge is 2.29. The van der Waals surface area contributed by atoms with Crippen LogP contribution in [-0.2, 0) is 14.6 Å². The number of hydrogen-bond acceptors (Lipinski definition) is 4. The molecule has 0 saturated carbocycles. The number of hydrogen-bond donors (Lipinski definition) is 1. The smallest absolute Gasteiger partial charge is 0.254 e. The lowest BCUT2D eigenvalue weighted by molar-refractivity contribution is -0.121. The first-order valence-corrected chi connectivity index (χ1v) is 12.2. The zero-order valence-corrected chi connectivity index (χ0v) is 18.4. The number of carbonyl (C=O) groups excluding carboxylic acids is 2. The van der Waals surface area contributed by atoms with Gasteiger partial charge in [-0.25, -0.2) is 12.8 Å². The molecule has 8 heteroatoms. The fourth-order valence-electron chi connectivity index (χ4n) is 3.99. The summed E-state index contributed by atoms with van der Waals surface area (Å²) in [6.45, 7) is 0.817. The molecule has 1 saturated heterocycles. The van der Waals surface area contributed by atoms with Crippen LogP contribution in [0, 0.1) is 11.7 Å². The zero-order valence-electron chi connectivity index (χ0n) is 17.5. The van der Waals surface area contributed by atoms with Gasteiger partial charge in [0.15, 0.2) is 9.84 Å². The number of carbonyl (C=O) groups is 2. The van der Waals surface area contributed by atoms with Crippen molar-refractivity contribution in [1.29, 1.82) is 0 Å². The molecule has 0 spiro atoms. The molecule has 3 aromatic carbocycles. The molecule has 4 rings (SSSR count). The molecule has 1 N–H and O–H groups in total. The van der Waals surface area contributed by atoms with E-state index < -0.39 is 21.6 Å². The molecule has 32 heavy (non-hydrogen) atoms. The van der Waals surface area contributed by atoms with E-state index in [-0.39, 0.29) is 22.4 Å². The molecule has 1 aliphatic rings. The van der Waals surface area contributed by atoms with Crippen molar-refractivity contribution in [2.45, 2.75) is 17.7 Å². The van der Waals surface area contributed by atoms with Crippen LogP contribution in [0.25, 0.3) is 10.8 Å². The zero-order chi connectivity index (χ0) is 22.9. The van der Waals surface area contributed by atoms with E-state index in [1.807, 2.05) is 36.4 Å². The number of nitrogens with one attached hydrogen (secondary N) is 1. The van der Waals surface area contributed by atoms with Gasteiger partial charge in [0, 0.05) is 30.8 Å². The topological polar surface area (TPSA) is 83.6 Å². The Morgan fingerprint density at radius 3 is 2.41 bits per heavy atom. The minimum Gasteiger partial charge on any atom is -0.339 e. The fourth-order valence-corrected chi connectivity index (χ4v) is 4.64. The van der Waals surface area contributed by atoms with Crippen LogP contribution in [0.5, 0.6) is 0 Å². The van der Waals surface area contributed by atoms with Crippen LogP contribution < -0.4 is 5.32 Å². The molecule has 0 aromatic heterocycles. The molecule has 2 amide bonds. The average Bonchev–Trinajstić information content (AvgIpc) is 2.79. The highest BCUT2D eigenvalue weighted by molar-refractivity contribution is 7.90. The van der Waals surface area contributed by atoms with Crippen LogP contribution >= 0.6 is 0 Å². The number of halogens is 1. The Labute approximate surface area is 186 Å². The second kappa shape index (κ2) is 8.70. The van der Waals surface area contributed by atoms with Crippen LogP contribution in [0.1, 0.15) is 23.2 Å². The Balaban J connectivity index is 1.43. The van der Waals surface area contributed by atoms with E-state index in [0.717, 1.165) is 35.2 Å². The number of anilines is 1. The molecular formula is C24H23FN2O4S. The standard InChI is InChI=1S/C24H23FN2O4S/c1-32(30,31)18-9-10-21(25)22(15-18)26-23(28)17-11-13-27(14-12-17)24(29)20-8-4-6-16-5-2-3-7-19(16)20/h2-10,15,17H,11-14H2,1H3,(H,26,28). The van der Waals surface area contributed by atoms with E-state index in [1.165, 1.54) is 0 Å². The number of benzene rings is 3. The van der Waals surface area contributed by atoms with Gasteiger partial charge in [-0.3, -0.25) is 9.59 Å². The number of sulfone groups is 1. The van der Waals surface area contributed by atoms with Gasteiger partial charge in [0.25, 0.3) is 5.91 Å². The van der Waals surface area contributed by atoms with Crippen molar-refractivity contribution in [3.8, 4) is 0 Å². The number of rotatable bonds is 4. The molecule has 1 fully saturated rings. The maximum absolute atomic E-state index is 14.1. The first-order valence-electron chi connectivity index (χ1n) is 10.3. The molecule has 3 aromatic rings. The van der Waals surface area contributed by atoms with Gasteiger partial charge in [-0.1, -0.05) is 36.4 Å². The largest absolute Gasteiger partial charge is 0.339 e. The van der Waals surface area contributed by atoms with E-state index in [1.54, 1.807) is 11.0 Å². The van der Waals surface area contributed by atoms with Crippen LogP contribution in [0.4, 0.5) is 10.1 Å². The van der Waals surface area contributed by atoms with Crippen molar-refractivity contribution >= 4 is 38.1 Å². The summed E-state index contributed by atoms with van der Waals surface area (Å²) in [6.07, 6.45) is 1.90. The molecule has 0 radical (unpaired) electrons. The van der Waals surface area contributed by atoms with E-state index in [4.69, 9.17) is 0 Å². The summed E-state index contributed by atoms with van der Waals surface area (Å²) < 4.78 is 37.5. The minimum absolute atomic E-state index is 0.0651. The lowest BCUT2D eigenvalue weighted by Gasteiger charge is -2.31. The number of piperidine rings is 1. The third-order valence-corrected chi connectivity index (χ3v) is 6.91. The second-order valence-electron chi connectivity index (χ2n) is 8.00. The molecule has 0 unspecified atom stereocenters. The number of fused-ring (bicyclic) bond motifs is 1. The third kappa shape index (κ3) is 4.50. The van der Waals surface area contributed by atoms with Crippen molar-refractivity contribution in [3.05, 3.63) is 72.0 Å². The van der Waals surface area contributed by atoms with Crippen LogP contribution in [-0.4, -0.2) is 44.5 Å². The first-order chi connectivity index (χ1) is 15.2.